The maximum Gasteiger partial charge on any atom is 0.181 e. The fourth-order valence-electron chi connectivity index (χ4n) is 4.37. The maximum absolute atomic E-state index is 12.9. The van der Waals surface area contributed by atoms with Crippen molar-refractivity contribution in [2.45, 2.75) is 103 Å². The van der Waals surface area contributed by atoms with Crippen molar-refractivity contribution in [1.82, 2.24) is 0 Å². The third-order valence-corrected chi connectivity index (χ3v) is 6.48. The Hall–Kier alpha value is -2.41. The molecule has 0 unspecified atom stereocenters. The molecular formula is C33H46O. The van der Waals surface area contributed by atoms with E-state index in [-0.39, 0.29) is 5.78 Å². The van der Waals surface area contributed by atoms with Gasteiger partial charge in [-0.05, 0) is 36.1 Å². The first-order chi connectivity index (χ1) is 16.8. The lowest BCUT2D eigenvalue weighted by atomic mass is 9.98. The van der Waals surface area contributed by atoms with Gasteiger partial charge in [0.2, 0.25) is 0 Å². The van der Waals surface area contributed by atoms with Crippen molar-refractivity contribution in [1.29, 1.82) is 0 Å². The average molecular weight is 459 g/mol. The molecule has 34 heavy (non-hydrogen) atoms. The highest BCUT2D eigenvalue weighted by atomic mass is 16.1. The second-order valence-corrected chi connectivity index (χ2v) is 9.53. The van der Waals surface area contributed by atoms with Crippen molar-refractivity contribution in [2.24, 2.45) is 0 Å². The summed E-state index contributed by atoms with van der Waals surface area (Å²) >= 11 is 0. The Labute approximate surface area is 209 Å². The number of hydrogen-bond acceptors (Lipinski definition) is 1. The summed E-state index contributed by atoms with van der Waals surface area (Å²) in [5.74, 6) is 0.127. The second-order valence-electron chi connectivity index (χ2n) is 9.53. The van der Waals surface area contributed by atoms with Gasteiger partial charge in [0.25, 0.3) is 0 Å². The molecule has 0 aliphatic heterocycles. The summed E-state index contributed by atoms with van der Waals surface area (Å²) in [4.78, 5) is 12.9. The van der Waals surface area contributed by atoms with E-state index >= 15 is 0 Å². The molecule has 0 aliphatic rings. The Balaban J connectivity index is 1.66. The molecule has 2 aromatic carbocycles. The minimum absolute atomic E-state index is 0.127. The number of unbranched alkanes of at least 4 members (excludes halogenated alkanes) is 13. The number of carbonyl (C=O) groups is 1. The van der Waals surface area contributed by atoms with E-state index < -0.39 is 0 Å². The summed E-state index contributed by atoms with van der Waals surface area (Å²) in [5.41, 5.74) is 3.08. The lowest BCUT2D eigenvalue weighted by Crippen LogP contribution is -1.99. The van der Waals surface area contributed by atoms with Crippen LogP contribution in [0.25, 0.3) is 12.2 Å². The molecule has 2 rings (SSSR count). The van der Waals surface area contributed by atoms with Gasteiger partial charge in [-0.1, -0.05) is 157 Å². The lowest BCUT2D eigenvalue weighted by Gasteiger charge is -2.06. The molecule has 2 aromatic rings. The van der Waals surface area contributed by atoms with E-state index in [2.05, 4.69) is 25.1 Å². The van der Waals surface area contributed by atoms with E-state index in [0.717, 1.165) is 29.5 Å². The van der Waals surface area contributed by atoms with Gasteiger partial charge in [0.15, 0.2) is 5.78 Å². The highest BCUT2D eigenvalue weighted by Gasteiger charge is 2.07. The molecule has 0 radical (unpaired) electrons. The van der Waals surface area contributed by atoms with Crippen molar-refractivity contribution in [3.8, 4) is 0 Å². The van der Waals surface area contributed by atoms with Gasteiger partial charge >= 0.3 is 0 Å². The van der Waals surface area contributed by atoms with E-state index in [0.29, 0.717) is 0 Å². The van der Waals surface area contributed by atoms with Gasteiger partial charge in [-0.15, -0.1) is 0 Å². The SMILES string of the molecule is CCCCCCCCCCCCCCCCC(=Cc1ccccc1)C(=O)C=Cc1ccccc1. The van der Waals surface area contributed by atoms with Crippen LogP contribution in [0, 0.1) is 0 Å². The first-order valence-corrected chi connectivity index (χ1v) is 13.8. The van der Waals surface area contributed by atoms with Crippen LogP contribution in [-0.2, 0) is 4.79 Å². The standard InChI is InChI=1S/C33H46O/c1-2-3-4-5-6-7-8-9-10-11-12-13-14-21-26-32(29-31-24-19-16-20-25-31)33(34)28-27-30-22-17-15-18-23-30/h15-20,22-25,27-29H,2-14,21,26H2,1H3. The van der Waals surface area contributed by atoms with Crippen molar-refractivity contribution < 1.29 is 4.79 Å². The molecule has 0 heterocycles. The number of hydrogen-bond donors (Lipinski definition) is 0. The van der Waals surface area contributed by atoms with Crippen molar-refractivity contribution in [3.05, 3.63) is 83.4 Å². The first-order valence-electron chi connectivity index (χ1n) is 13.8. The zero-order valence-corrected chi connectivity index (χ0v) is 21.5. The van der Waals surface area contributed by atoms with Crippen LogP contribution in [0.5, 0.6) is 0 Å². The largest absolute Gasteiger partial charge is 0.290 e. The molecule has 1 nitrogen and oxygen atoms in total. The average Bonchev–Trinajstić information content (AvgIpc) is 2.88. The van der Waals surface area contributed by atoms with E-state index in [1.807, 2.05) is 54.6 Å². The predicted octanol–water partition coefficient (Wildman–Crippen LogP) is 10.2. The third kappa shape index (κ3) is 13.3. The highest BCUT2D eigenvalue weighted by Crippen LogP contribution is 2.18. The van der Waals surface area contributed by atoms with Gasteiger partial charge < -0.3 is 0 Å². The van der Waals surface area contributed by atoms with Gasteiger partial charge in [0.1, 0.15) is 0 Å². The zero-order valence-electron chi connectivity index (χ0n) is 21.5. The fourth-order valence-corrected chi connectivity index (χ4v) is 4.37. The quantitative estimate of drug-likeness (QED) is 0.151. The van der Waals surface area contributed by atoms with Gasteiger partial charge in [0, 0.05) is 5.57 Å². The third-order valence-electron chi connectivity index (χ3n) is 6.48. The van der Waals surface area contributed by atoms with E-state index in [1.165, 1.54) is 83.5 Å². The minimum Gasteiger partial charge on any atom is -0.290 e. The smallest absolute Gasteiger partial charge is 0.181 e. The molecule has 1 heteroatoms. The van der Waals surface area contributed by atoms with Crippen LogP contribution in [0.15, 0.2) is 72.3 Å². The normalized spacial score (nSPS) is 11.9. The maximum atomic E-state index is 12.9. The van der Waals surface area contributed by atoms with Crippen molar-refractivity contribution in [2.75, 3.05) is 0 Å². The van der Waals surface area contributed by atoms with Crippen LogP contribution in [0.3, 0.4) is 0 Å². The van der Waals surface area contributed by atoms with Crippen LogP contribution in [0.1, 0.15) is 114 Å². The monoisotopic (exact) mass is 458 g/mol. The Kier molecular flexibility index (Phi) is 15.5. The summed E-state index contributed by atoms with van der Waals surface area (Å²) in [5, 5.41) is 0. The number of rotatable bonds is 19. The molecule has 0 aliphatic carbocycles. The molecule has 0 bridgehead atoms. The van der Waals surface area contributed by atoms with Crippen molar-refractivity contribution >= 4 is 17.9 Å². The Morgan fingerprint density at radius 2 is 1.03 bits per heavy atom. The summed E-state index contributed by atoms with van der Waals surface area (Å²) in [7, 11) is 0. The zero-order chi connectivity index (χ0) is 24.1. The molecule has 0 saturated heterocycles. The van der Waals surface area contributed by atoms with E-state index in [4.69, 9.17) is 0 Å². The molecule has 0 atom stereocenters. The van der Waals surface area contributed by atoms with E-state index in [1.54, 1.807) is 6.08 Å². The van der Waals surface area contributed by atoms with Crippen LogP contribution < -0.4 is 0 Å². The number of ketones is 1. The van der Waals surface area contributed by atoms with Crippen LogP contribution in [0.2, 0.25) is 0 Å². The Morgan fingerprint density at radius 3 is 1.53 bits per heavy atom. The topological polar surface area (TPSA) is 17.1 Å². The molecule has 0 aromatic heterocycles. The number of benzene rings is 2. The van der Waals surface area contributed by atoms with Crippen LogP contribution >= 0.6 is 0 Å². The van der Waals surface area contributed by atoms with Gasteiger partial charge in [0.05, 0.1) is 0 Å². The predicted molar refractivity (Wildman–Crippen MR) is 150 cm³/mol. The molecule has 0 saturated carbocycles. The van der Waals surface area contributed by atoms with Gasteiger partial charge in [-0.25, -0.2) is 0 Å². The molecular weight excluding hydrogens is 412 g/mol. The summed E-state index contributed by atoms with van der Waals surface area (Å²) in [6.45, 7) is 2.28. The summed E-state index contributed by atoms with van der Waals surface area (Å²) in [6, 6.07) is 20.3. The second kappa shape index (κ2) is 19.0. The van der Waals surface area contributed by atoms with Gasteiger partial charge in [-0.2, -0.15) is 0 Å². The minimum atomic E-state index is 0.127. The van der Waals surface area contributed by atoms with Crippen molar-refractivity contribution in [3.63, 3.8) is 0 Å². The Bertz CT molecular complexity index is 816. The molecule has 0 amide bonds. The van der Waals surface area contributed by atoms with Crippen LogP contribution in [-0.4, -0.2) is 5.78 Å². The Morgan fingerprint density at radius 1 is 0.588 bits per heavy atom. The molecule has 0 fully saturated rings. The fraction of sp³-hybridized carbons (Fsp3) is 0.485. The summed E-state index contributed by atoms with van der Waals surface area (Å²) in [6.07, 6.45) is 25.5. The highest BCUT2D eigenvalue weighted by molar-refractivity contribution is 6.09. The molecule has 0 spiro atoms. The molecule has 0 N–H and O–H groups in total. The molecule has 184 valence electrons. The number of allylic oxidation sites excluding steroid dienone is 2. The van der Waals surface area contributed by atoms with Crippen LogP contribution in [0.4, 0.5) is 0 Å². The summed E-state index contributed by atoms with van der Waals surface area (Å²) < 4.78 is 0. The lowest BCUT2D eigenvalue weighted by molar-refractivity contribution is -0.111. The van der Waals surface area contributed by atoms with E-state index in [9.17, 15) is 4.79 Å². The number of carbonyl (C=O) groups excluding carboxylic acids is 1. The van der Waals surface area contributed by atoms with Gasteiger partial charge in [-0.3, -0.25) is 4.79 Å². The first kappa shape index (κ1) is 27.8.